The van der Waals surface area contributed by atoms with Gasteiger partial charge >= 0.3 is 0 Å². The van der Waals surface area contributed by atoms with Gasteiger partial charge in [0, 0.05) is 10.9 Å². The molecule has 0 spiro atoms. The van der Waals surface area contributed by atoms with Crippen molar-refractivity contribution in [2.45, 2.75) is 13.0 Å². The van der Waals surface area contributed by atoms with Crippen LogP contribution >= 0.6 is 0 Å². The molecule has 2 N–H and O–H groups in total. The Kier molecular flexibility index (Phi) is 3.98. The summed E-state index contributed by atoms with van der Waals surface area (Å²) >= 11 is 0. The lowest BCUT2D eigenvalue weighted by atomic mass is 10.1. The summed E-state index contributed by atoms with van der Waals surface area (Å²) in [6.45, 7) is 1.74. The van der Waals surface area contributed by atoms with E-state index in [1.54, 1.807) is 18.2 Å². The lowest BCUT2D eigenvalue weighted by molar-refractivity contribution is 0.273. The predicted molar refractivity (Wildman–Crippen MR) is 84.1 cm³/mol. The smallest absolute Gasteiger partial charge is 0.137 e. The summed E-state index contributed by atoms with van der Waals surface area (Å²) in [6.07, 6.45) is 1.45. The van der Waals surface area contributed by atoms with Crippen LogP contribution in [0.15, 0.2) is 48.8 Å². The molecule has 4 nitrogen and oxygen atoms in total. The highest BCUT2D eigenvalue weighted by atomic mass is 19.1. The molecule has 0 amide bonds. The molecule has 1 unspecified atom stereocenters. The Morgan fingerprint density at radius 3 is 2.77 bits per heavy atom. The number of hydrogen-bond donors (Lipinski definition) is 2. The predicted octanol–water partition coefficient (Wildman–Crippen LogP) is 3.22. The molecule has 0 fully saturated rings. The summed E-state index contributed by atoms with van der Waals surface area (Å²) in [5.41, 5.74) is 2.29. The van der Waals surface area contributed by atoms with Gasteiger partial charge in [0.25, 0.3) is 0 Å². The van der Waals surface area contributed by atoms with Gasteiger partial charge in [0.15, 0.2) is 0 Å². The average Bonchev–Trinajstić information content (AvgIpc) is 2.53. The monoisotopic (exact) mass is 297 g/mol. The van der Waals surface area contributed by atoms with Crippen molar-refractivity contribution in [3.8, 4) is 0 Å². The number of aryl methyl sites for hydroxylation is 1. The zero-order chi connectivity index (χ0) is 15.5. The van der Waals surface area contributed by atoms with E-state index < -0.39 is 6.04 Å². The van der Waals surface area contributed by atoms with Gasteiger partial charge in [-0.15, -0.1) is 0 Å². The molecule has 3 aromatic rings. The van der Waals surface area contributed by atoms with E-state index in [2.05, 4.69) is 15.3 Å². The Hall–Kier alpha value is -2.53. The summed E-state index contributed by atoms with van der Waals surface area (Å²) in [5.74, 6) is 0.222. The van der Waals surface area contributed by atoms with Gasteiger partial charge in [-0.25, -0.2) is 14.4 Å². The third-order valence-corrected chi connectivity index (χ3v) is 3.56. The van der Waals surface area contributed by atoms with Gasteiger partial charge in [0.1, 0.15) is 18.0 Å². The zero-order valence-electron chi connectivity index (χ0n) is 12.1. The van der Waals surface area contributed by atoms with E-state index in [4.69, 9.17) is 0 Å². The fraction of sp³-hybridized carbons (Fsp3) is 0.176. The van der Waals surface area contributed by atoms with Gasteiger partial charge in [0.05, 0.1) is 18.2 Å². The average molecular weight is 297 g/mol. The molecule has 0 radical (unpaired) electrons. The maximum absolute atomic E-state index is 13.9. The van der Waals surface area contributed by atoms with Crippen molar-refractivity contribution < 1.29 is 9.50 Å². The van der Waals surface area contributed by atoms with E-state index in [1.165, 1.54) is 12.4 Å². The van der Waals surface area contributed by atoms with Crippen LogP contribution in [0.2, 0.25) is 0 Å². The minimum atomic E-state index is -0.570. The third kappa shape index (κ3) is 2.76. The first-order chi connectivity index (χ1) is 10.7. The van der Waals surface area contributed by atoms with Crippen LogP contribution in [-0.4, -0.2) is 21.7 Å². The minimum absolute atomic E-state index is 0.238. The summed E-state index contributed by atoms with van der Waals surface area (Å²) < 4.78 is 13.9. The highest BCUT2D eigenvalue weighted by Crippen LogP contribution is 2.25. The molecule has 0 aliphatic rings. The van der Waals surface area contributed by atoms with Crippen LogP contribution in [0, 0.1) is 12.7 Å². The Balaban J connectivity index is 2.01. The Morgan fingerprint density at radius 2 is 2.00 bits per heavy atom. The van der Waals surface area contributed by atoms with E-state index in [-0.39, 0.29) is 12.4 Å². The second kappa shape index (κ2) is 6.07. The van der Waals surface area contributed by atoms with Crippen LogP contribution in [0.25, 0.3) is 10.9 Å². The van der Waals surface area contributed by atoms with Gasteiger partial charge in [-0.2, -0.15) is 0 Å². The number of aromatic nitrogens is 2. The molecule has 0 bridgehead atoms. The first-order valence-electron chi connectivity index (χ1n) is 7.02. The van der Waals surface area contributed by atoms with Crippen LogP contribution in [-0.2, 0) is 0 Å². The van der Waals surface area contributed by atoms with Gasteiger partial charge < -0.3 is 10.4 Å². The molecule has 0 saturated carbocycles. The zero-order valence-corrected chi connectivity index (χ0v) is 12.1. The number of fused-ring (bicyclic) bond motifs is 1. The number of rotatable bonds is 4. The lowest BCUT2D eigenvalue weighted by Crippen LogP contribution is -2.17. The van der Waals surface area contributed by atoms with Crippen LogP contribution in [0.4, 0.5) is 10.2 Å². The van der Waals surface area contributed by atoms with Crippen molar-refractivity contribution in [3.63, 3.8) is 0 Å². The van der Waals surface area contributed by atoms with Crippen molar-refractivity contribution in [1.29, 1.82) is 0 Å². The van der Waals surface area contributed by atoms with Gasteiger partial charge in [-0.05, 0) is 25.1 Å². The van der Waals surface area contributed by atoms with Crippen LogP contribution < -0.4 is 5.32 Å². The van der Waals surface area contributed by atoms with Crippen molar-refractivity contribution in [2.75, 3.05) is 11.9 Å². The SMILES string of the molecule is Cc1ccc2ncnc(NC(CO)c3ccccc3F)c2c1. The highest BCUT2D eigenvalue weighted by Gasteiger charge is 2.16. The maximum Gasteiger partial charge on any atom is 0.137 e. The number of benzene rings is 2. The van der Waals surface area contributed by atoms with E-state index in [9.17, 15) is 9.50 Å². The Bertz CT molecular complexity index is 807. The second-order valence-corrected chi connectivity index (χ2v) is 5.14. The largest absolute Gasteiger partial charge is 0.394 e. The molecule has 0 aliphatic carbocycles. The first kappa shape index (κ1) is 14.4. The van der Waals surface area contributed by atoms with Crippen molar-refractivity contribution in [1.82, 2.24) is 9.97 Å². The number of halogens is 1. The summed E-state index contributed by atoms with van der Waals surface area (Å²) in [5, 5.41) is 13.6. The van der Waals surface area contributed by atoms with E-state index in [0.29, 0.717) is 11.4 Å². The molecule has 1 atom stereocenters. The quantitative estimate of drug-likeness (QED) is 0.776. The van der Waals surface area contributed by atoms with Crippen LogP contribution in [0.3, 0.4) is 0 Å². The number of aliphatic hydroxyl groups is 1. The first-order valence-corrected chi connectivity index (χ1v) is 7.02. The van der Waals surface area contributed by atoms with Crippen LogP contribution in [0.1, 0.15) is 17.2 Å². The van der Waals surface area contributed by atoms with Crippen molar-refractivity contribution in [3.05, 3.63) is 65.7 Å². The number of anilines is 1. The van der Waals surface area contributed by atoms with E-state index in [1.807, 2.05) is 25.1 Å². The fourth-order valence-electron chi connectivity index (χ4n) is 2.43. The number of aliphatic hydroxyl groups excluding tert-OH is 1. The minimum Gasteiger partial charge on any atom is -0.394 e. The molecule has 5 heteroatoms. The van der Waals surface area contributed by atoms with E-state index in [0.717, 1.165) is 16.5 Å². The number of hydrogen-bond acceptors (Lipinski definition) is 4. The highest BCUT2D eigenvalue weighted by molar-refractivity contribution is 5.89. The standard InChI is InChI=1S/C17H16FN3O/c1-11-6-7-15-13(8-11)17(20-10-19-15)21-16(9-22)12-4-2-3-5-14(12)18/h2-8,10,16,22H,9H2,1H3,(H,19,20,21). The topological polar surface area (TPSA) is 58.0 Å². The molecule has 1 aromatic heterocycles. The summed E-state index contributed by atoms with van der Waals surface area (Å²) in [6, 6.07) is 11.7. The molecule has 0 saturated heterocycles. The molecule has 2 aromatic carbocycles. The Morgan fingerprint density at radius 1 is 1.18 bits per heavy atom. The van der Waals surface area contributed by atoms with Gasteiger partial charge in [-0.1, -0.05) is 29.8 Å². The molecular weight excluding hydrogens is 281 g/mol. The summed E-state index contributed by atoms with van der Waals surface area (Å²) in [4.78, 5) is 8.45. The van der Waals surface area contributed by atoms with Crippen molar-refractivity contribution in [2.24, 2.45) is 0 Å². The molecule has 112 valence electrons. The normalized spacial score (nSPS) is 12.3. The van der Waals surface area contributed by atoms with E-state index >= 15 is 0 Å². The fourth-order valence-corrected chi connectivity index (χ4v) is 2.43. The Labute approximate surface area is 127 Å². The lowest BCUT2D eigenvalue weighted by Gasteiger charge is -2.19. The van der Waals surface area contributed by atoms with Crippen molar-refractivity contribution >= 4 is 16.7 Å². The molecule has 3 rings (SSSR count). The van der Waals surface area contributed by atoms with Gasteiger partial charge in [-0.3, -0.25) is 0 Å². The van der Waals surface area contributed by atoms with Gasteiger partial charge in [0.2, 0.25) is 0 Å². The molecule has 0 aliphatic heterocycles. The molecule has 22 heavy (non-hydrogen) atoms. The third-order valence-electron chi connectivity index (χ3n) is 3.56. The summed E-state index contributed by atoms with van der Waals surface area (Å²) in [7, 11) is 0. The van der Waals surface area contributed by atoms with Crippen LogP contribution in [0.5, 0.6) is 0 Å². The molecule has 1 heterocycles. The number of nitrogens with zero attached hydrogens (tertiary/aromatic N) is 2. The second-order valence-electron chi connectivity index (χ2n) is 5.14. The maximum atomic E-state index is 13.9. The molecular formula is C17H16FN3O. The number of nitrogens with one attached hydrogen (secondary N) is 1.